The number of nitriles is 1. The Labute approximate surface area is 180 Å². The first-order valence-corrected chi connectivity index (χ1v) is 10.4. The van der Waals surface area contributed by atoms with Gasteiger partial charge in [-0.3, -0.25) is 4.79 Å². The van der Waals surface area contributed by atoms with E-state index in [2.05, 4.69) is 4.90 Å². The van der Waals surface area contributed by atoms with Gasteiger partial charge in [-0.05, 0) is 30.7 Å². The molecule has 7 heteroatoms. The predicted molar refractivity (Wildman–Crippen MR) is 118 cm³/mol. The van der Waals surface area contributed by atoms with Crippen LogP contribution in [0.25, 0.3) is 22.3 Å². The van der Waals surface area contributed by atoms with Crippen molar-refractivity contribution >= 4 is 22.8 Å². The summed E-state index contributed by atoms with van der Waals surface area (Å²) in [5.41, 5.74) is 2.01. The first-order valence-electron chi connectivity index (χ1n) is 10.4. The van der Waals surface area contributed by atoms with Crippen LogP contribution in [-0.2, 0) is 4.79 Å². The quantitative estimate of drug-likeness (QED) is 0.642. The van der Waals surface area contributed by atoms with Gasteiger partial charge in [-0.2, -0.15) is 5.26 Å². The molecule has 3 aromatic rings. The average Bonchev–Trinajstić information content (AvgIpc) is 3.27. The number of aromatic nitrogens is 2. The Kier molecular flexibility index (Phi) is 5.55. The third-order valence-electron chi connectivity index (χ3n) is 5.78. The first kappa shape index (κ1) is 20.7. The van der Waals surface area contributed by atoms with Crippen molar-refractivity contribution in [2.45, 2.75) is 26.3 Å². The van der Waals surface area contributed by atoms with Crippen molar-refractivity contribution in [1.29, 1.82) is 5.26 Å². The van der Waals surface area contributed by atoms with Crippen LogP contribution in [0.15, 0.2) is 42.5 Å². The van der Waals surface area contributed by atoms with Crippen LogP contribution in [0.4, 0.5) is 10.2 Å². The van der Waals surface area contributed by atoms with E-state index >= 15 is 4.39 Å². The third kappa shape index (κ3) is 3.81. The van der Waals surface area contributed by atoms with Crippen molar-refractivity contribution in [3.63, 3.8) is 0 Å². The molecule has 0 bridgehead atoms. The lowest BCUT2D eigenvalue weighted by atomic mass is 10.1. The molecule has 1 aromatic heterocycles. The number of likely N-dealkylation sites (N-methyl/N-ethyl adjacent to an activating group) is 1. The van der Waals surface area contributed by atoms with Gasteiger partial charge in [0.1, 0.15) is 17.6 Å². The lowest BCUT2D eigenvalue weighted by Crippen LogP contribution is -2.41. The molecule has 1 aliphatic heterocycles. The molecule has 31 heavy (non-hydrogen) atoms. The molecule has 1 atom stereocenters. The molecular formula is C24H24FN5O. The zero-order chi connectivity index (χ0) is 22.1. The second kappa shape index (κ2) is 8.31. The molecule has 1 amide bonds. The number of anilines is 1. The summed E-state index contributed by atoms with van der Waals surface area (Å²) in [6, 6.07) is 14.1. The minimum absolute atomic E-state index is 0.0278. The average molecular weight is 417 g/mol. The number of amides is 1. The second-order valence-electron chi connectivity index (χ2n) is 8.16. The van der Waals surface area contributed by atoms with Gasteiger partial charge in [-0.25, -0.2) is 14.4 Å². The number of carbonyl (C=O) groups excluding carboxylic acids is 1. The highest BCUT2D eigenvalue weighted by Gasteiger charge is 2.32. The number of halogens is 1. The van der Waals surface area contributed by atoms with Gasteiger partial charge in [0.15, 0.2) is 5.82 Å². The Balaban J connectivity index is 1.79. The Morgan fingerprint density at radius 1 is 1.19 bits per heavy atom. The van der Waals surface area contributed by atoms with E-state index in [4.69, 9.17) is 9.97 Å². The number of hydrogen-bond acceptors (Lipinski definition) is 5. The summed E-state index contributed by atoms with van der Waals surface area (Å²) in [5, 5.41) is 9.26. The van der Waals surface area contributed by atoms with Gasteiger partial charge in [-0.1, -0.05) is 32.0 Å². The normalized spacial score (nSPS) is 16.0. The number of fused-ring (bicyclic) bond motifs is 1. The minimum atomic E-state index is -0.598. The molecule has 1 fully saturated rings. The maximum Gasteiger partial charge on any atom is 0.225 e. The van der Waals surface area contributed by atoms with E-state index < -0.39 is 5.82 Å². The van der Waals surface area contributed by atoms with Gasteiger partial charge in [0.2, 0.25) is 5.91 Å². The summed E-state index contributed by atoms with van der Waals surface area (Å²) in [6.07, 6.45) is 0.795. The summed E-state index contributed by atoms with van der Waals surface area (Å²) in [7, 11) is 1.83. The highest BCUT2D eigenvalue weighted by atomic mass is 19.1. The number of hydrogen-bond donors (Lipinski definition) is 0. The van der Waals surface area contributed by atoms with E-state index in [0.717, 1.165) is 6.42 Å². The van der Waals surface area contributed by atoms with Gasteiger partial charge in [-0.15, -0.1) is 0 Å². The van der Waals surface area contributed by atoms with Gasteiger partial charge >= 0.3 is 0 Å². The van der Waals surface area contributed by atoms with E-state index in [1.54, 1.807) is 17.0 Å². The molecule has 0 aliphatic carbocycles. The number of rotatable bonds is 4. The number of carbonyl (C=O) groups is 1. The van der Waals surface area contributed by atoms with Crippen LogP contribution in [0, 0.1) is 23.1 Å². The molecule has 0 spiro atoms. The highest BCUT2D eigenvalue weighted by molar-refractivity contribution is 5.84. The number of benzene rings is 2. The smallest absolute Gasteiger partial charge is 0.225 e. The molecule has 158 valence electrons. The summed E-state index contributed by atoms with van der Waals surface area (Å²) in [4.78, 5) is 25.8. The molecule has 0 radical (unpaired) electrons. The molecule has 2 aromatic carbocycles. The fraction of sp³-hybridized carbons (Fsp3) is 0.333. The highest BCUT2D eigenvalue weighted by Crippen LogP contribution is 2.34. The molecule has 1 saturated heterocycles. The topological polar surface area (TPSA) is 73.1 Å². The summed E-state index contributed by atoms with van der Waals surface area (Å²) < 4.78 is 15.1. The van der Waals surface area contributed by atoms with Gasteiger partial charge in [0.05, 0.1) is 22.6 Å². The maximum absolute atomic E-state index is 15.1. The largest absolute Gasteiger partial charge is 0.353 e. The van der Waals surface area contributed by atoms with E-state index in [1.165, 1.54) is 6.07 Å². The van der Waals surface area contributed by atoms with E-state index in [1.807, 2.05) is 51.2 Å². The summed E-state index contributed by atoms with van der Waals surface area (Å²) >= 11 is 0. The molecule has 4 rings (SSSR count). The first-order chi connectivity index (χ1) is 14.9. The second-order valence-corrected chi connectivity index (χ2v) is 8.16. The summed E-state index contributed by atoms with van der Waals surface area (Å²) in [6.45, 7) is 5.06. The standard InChI is InChI=1S/C24H24FN5O/c1-15(2)24(31)29(3)17-11-12-30(14-17)23-22(18-8-6-7-16(13-26)21(18)25)27-19-9-4-5-10-20(19)28-23/h4-10,15,17H,11-12,14H2,1-3H3/t17-/m0/s1. The Morgan fingerprint density at radius 3 is 2.58 bits per heavy atom. The van der Waals surface area contributed by atoms with Crippen molar-refractivity contribution in [1.82, 2.24) is 14.9 Å². The predicted octanol–water partition coefficient (Wildman–Crippen LogP) is 4.00. The molecule has 0 saturated carbocycles. The van der Waals surface area contributed by atoms with Gasteiger partial charge < -0.3 is 9.80 Å². The van der Waals surface area contributed by atoms with Crippen LogP contribution in [0.1, 0.15) is 25.8 Å². The van der Waals surface area contributed by atoms with E-state index in [0.29, 0.717) is 35.6 Å². The Morgan fingerprint density at radius 2 is 1.90 bits per heavy atom. The molecule has 6 nitrogen and oxygen atoms in total. The minimum Gasteiger partial charge on any atom is -0.353 e. The van der Waals surface area contributed by atoms with Crippen molar-refractivity contribution in [2.24, 2.45) is 5.92 Å². The number of para-hydroxylation sites is 2. The zero-order valence-corrected chi connectivity index (χ0v) is 17.8. The zero-order valence-electron chi connectivity index (χ0n) is 17.8. The summed E-state index contributed by atoms with van der Waals surface area (Å²) in [5.74, 6) is 0.00147. The van der Waals surface area contributed by atoms with Gasteiger partial charge in [0, 0.05) is 31.6 Å². The molecule has 0 N–H and O–H groups in total. The molecule has 2 heterocycles. The fourth-order valence-electron chi connectivity index (χ4n) is 4.03. The van der Waals surface area contributed by atoms with Crippen molar-refractivity contribution in [3.05, 3.63) is 53.8 Å². The number of nitrogens with zero attached hydrogens (tertiary/aromatic N) is 5. The van der Waals surface area contributed by atoms with Crippen molar-refractivity contribution < 1.29 is 9.18 Å². The van der Waals surface area contributed by atoms with E-state index in [9.17, 15) is 10.1 Å². The molecule has 1 aliphatic rings. The third-order valence-corrected chi connectivity index (χ3v) is 5.78. The SMILES string of the molecule is CC(C)C(=O)N(C)[C@H]1CCN(c2nc3ccccc3nc2-c2cccc(C#N)c2F)C1. The molecular weight excluding hydrogens is 393 g/mol. The van der Waals surface area contributed by atoms with Crippen LogP contribution in [0.3, 0.4) is 0 Å². The molecule has 0 unspecified atom stereocenters. The van der Waals surface area contributed by atoms with E-state index in [-0.39, 0.29) is 29.0 Å². The van der Waals surface area contributed by atoms with Crippen molar-refractivity contribution in [3.8, 4) is 17.3 Å². The fourth-order valence-corrected chi connectivity index (χ4v) is 4.03. The van der Waals surface area contributed by atoms with Crippen LogP contribution < -0.4 is 4.90 Å². The Hall–Kier alpha value is -3.53. The Bertz CT molecular complexity index is 1190. The lowest BCUT2D eigenvalue weighted by Gasteiger charge is -2.27. The van der Waals surface area contributed by atoms with Crippen LogP contribution in [0.5, 0.6) is 0 Å². The van der Waals surface area contributed by atoms with Gasteiger partial charge in [0.25, 0.3) is 0 Å². The monoisotopic (exact) mass is 417 g/mol. The van der Waals surface area contributed by atoms with Crippen LogP contribution in [-0.4, -0.2) is 47.0 Å². The lowest BCUT2D eigenvalue weighted by molar-refractivity contribution is -0.134. The van der Waals surface area contributed by atoms with Crippen LogP contribution >= 0.6 is 0 Å². The van der Waals surface area contributed by atoms with Crippen molar-refractivity contribution in [2.75, 3.05) is 25.0 Å². The van der Waals surface area contributed by atoms with Crippen LogP contribution in [0.2, 0.25) is 0 Å². The maximum atomic E-state index is 15.1.